The minimum absolute atomic E-state index is 0.660. The molecule has 0 saturated carbocycles. The fourth-order valence-electron chi connectivity index (χ4n) is 1.76. The smallest absolute Gasteiger partial charge is 0.231 e. The lowest BCUT2D eigenvalue weighted by molar-refractivity contribution is 0.378. The van der Waals surface area contributed by atoms with Crippen molar-refractivity contribution in [3.05, 3.63) is 46.6 Å². The molecule has 0 spiro atoms. The topological polar surface area (TPSA) is 51.0 Å². The molecule has 96 valence electrons. The Balaban J connectivity index is 2.04. The van der Waals surface area contributed by atoms with Crippen LogP contribution in [0.5, 0.6) is 0 Å². The van der Waals surface area contributed by atoms with E-state index in [1.54, 1.807) is 0 Å². The first-order valence-corrected chi connectivity index (χ1v) is 6.27. The largest absolute Gasteiger partial charge is 0.339 e. The summed E-state index contributed by atoms with van der Waals surface area (Å²) >= 11 is 0. The van der Waals surface area contributed by atoms with Crippen molar-refractivity contribution in [3.63, 3.8) is 0 Å². The van der Waals surface area contributed by atoms with Crippen molar-refractivity contribution in [3.8, 4) is 0 Å². The highest BCUT2D eigenvalue weighted by atomic mass is 16.5. The molecule has 18 heavy (non-hydrogen) atoms. The monoisotopic (exact) mass is 245 g/mol. The molecule has 2 rings (SSSR count). The molecule has 1 aromatic carbocycles. The zero-order valence-electron chi connectivity index (χ0n) is 11.2. The lowest BCUT2D eigenvalue weighted by atomic mass is 10.0. The normalized spacial score (nSPS) is 10.8. The molecule has 0 radical (unpaired) electrons. The fraction of sp³-hybridized carbons (Fsp3) is 0.429. The number of aromatic nitrogens is 2. The number of benzene rings is 1. The van der Waals surface area contributed by atoms with E-state index in [9.17, 15) is 0 Å². The fourth-order valence-corrected chi connectivity index (χ4v) is 1.76. The van der Waals surface area contributed by atoms with Crippen LogP contribution >= 0.6 is 0 Å². The van der Waals surface area contributed by atoms with Gasteiger partial charge in [0.2, 0.25) is 5.89 Å². The molecule has 0 unspecified atom stereocenters. The van der Waals surface area contributed by atoms with Crippen LogP contribution < -0.4 is 5.32 Å². The molecule has 4 nitrogen and oxygen atoms in total. The van der Waals surface area contributed by atoms with Gasteiger partial charge >= 0.3 is 0 Å². The Kier molecular flexibility index (Phi) is 4.10. The number of aryl methyl sites for hydroxylation is 2. The van der Waals surface area contributed by atoms with E-state index < -0.39 is 0 Å². The Morgan fingerprint density at radius 2 is 2.06 bits per heavy atom. The van der Waals surface area contributed by atoms with Crippen molar-refractivity contribution < 1.29 is 4.52 Å². The summed E-state index contributed by atoms with van der Waals surface area (Å²) in [6.45, 7) is 7.84. The molecule has 0 aliphatic carbocycles. The van der Waals surface area contributed by atoms with Gasteiger partial charge in [-0.2, -0.15) is 4.98 Å². The first kappa shape index (κ1) is 12.8. The third kappa shape index (κ3) is 3.17. The highest BCUT2D eigenvalue weighted by Gasteiger charge is 2.07. The maximum absolute atomic E-state index is 5.23. The summed E-state index contributed by atoms with van der Waals surface area (Å²) in [7, 11) is 0. The highest BCUT2D eigenvalue weighted by molar-refractivity contribution is 5.31. The molecule has 0 saturated heterocycles. The van der Waals surface area contributed by atoms with Gasteiger partial charge in [0.1, 0.15) is 0 Å². The first-order valence-electron chi connectivity index (χ1n) is 6.27. The second kappa shape index (κ2) is 5.78. The van der Waals surface area contributed by atoms with E-state index in [-0.39, 0.29) is 0 Å². The van der Waals surface area contributed by atoms with Crippen LogP contribution in [0.15, 0.2) is 22.7 Å². The molecule has 0 fully saturated rings. The standard InChI is InChI=1S/C14H19N3O/c1-4-15-9-13-16-14(18-17-13)8-12-6-5-10(2)11(3)7-12/h5-7,15H,4,8-9H2,1-3H3. The summed E-state index contributed by atoms with van der Waals surface area (Å²) in [5.74, 6) is 1.39. The van der Waals surface area contributed by atoms with Gasteiger partial charge in [-0.3, -0.25) is 0 Å². The Hall–Kier alpha value is -1.68. The van der Waals surface area contributed by atoms with Gasteiger partial charge in [0.05, 0.1) is 13.0 Å². The van der Waals surface area contributed by atoms with Crippen molar-refractivity contribution in [2.75, 3.05) is 6.54 Å². The number of nitrogens with zero attached hydrogens (tertiary/aromatic N) is 2. The van der Waals surface area contributed by atoms with Crippen molar-refractivity contribution in [1.82, 2.24) is 15.5 Å². The van der Waals surface area contributed by atoms with Gasteiger partial charge in [0.25, 0.3) is 0 Å². The second-order valence-corrected chi connectivity index (χ2v) is 4.48. The Morgan fingerprint density at radius 3 is 2.78 bits per heavy atom. The first-order chi connectivity index (χ1) is 8.69. The third-order valence-electron chi connectivity index (χ3n) is 2.97. The third-order valence-corrected chi connectivity index (χ3v) is 2.97. The predicted octanol–water partition coefficient (Wildman–Crippen LogP) is 2.39. The molecular formula is C14H19N3O. The Morgan fingerprint density at radius 1 is 1.22 bits per heavy atom. The summed E-state index contributed by atoms with van der Waals surface area (Å²) in [5, 5.41) is 7.11. The van der Waals surface area contributed by atoms with Crippen LogP contribution in [-0.2, 0) is 13.0 Å². The van der Waals surface area contributed by atoms with Gasteiger partial charge in [-0.1, -0.05) is 30.3 Å². The van der Waals surface area contributed by atoms with Gasteiger partial charge in [0.15, 0.2) is 5.82 Å². The van der Waals surface area contributed by atoms with E-state index >= 15 is 0 Å². The maximum atomic E-state index is 5.23. The predicted molar refractivity (Wildman–Crippen MR) is 70.4 cm³/mol. The maximum Gasteiger partial charge on any atom is 0.231 e. The lowest BCUT2D eigenvalue weighted by Crippen LogP contribution is -2.12. The van der Waals surface area contributed by atoms with E-state index in [0.717, 1.165) is 12.4 Å². The summed E-state index contributed by atoms with van der Waals surface area (Å²) in [5.41, 5.74) is 3.80. The molecule has 0 atom stereocenters. The van der Waals surface area contributed by atoms with E-state index in [1.807, 2.05) is 0 Å². The molecule has 1 heterocycles. The average molecular weight is 245 g/mol. The van der Waals surface area contributed by atoms with Crippen molar-refractivity contribution in [2.45, 2.75) is 33.7 Å². The van der Waals surface area contributed by atoms with E-state index in [4.69, 9.17) is 4.52 Å². The second-order valence-electron chi connectivity index (χ2n) is 4.48. The molecule has 4 heteroatoms. The number of rotatable bonds is 5. The number of hydrogen-bond donors (Lipinski definition) is 1. The van der Waals surface area contributed by atoms with Gasteiger partial charge in [-0.05, 0) is 37.1 Å². The van der Waals surface area contributed by atoms with Crippen LogP contribution in [0, 0.1) is 13.8 Å². The molecular weight excluding hydrogens is 226 g/mol. The van der Waals surface area contributed by atoms with E-state index in [1.165, 1.54) is 16.7 Å². The zero-order valence-corrected chi connectivity index (χ0v) is 11.2. The van der Waals surface area contributed by atoms with Gasteiger partial charge in [0, 0.05) is 0 Å². The van der Waals surface area contributed by atoms with Crippen LogP contribution in [0.2, 0.25) is 0 Å². The highest BCUT2D eigenvalue weighted by Crippen LogP contribution is 2.13. The Bertz CT molecular complexity index is 520. The minimum Gasteiger partial charge on any atom is -0.339 e. The average Bonchev–Trinajstić information content (AvgIpc) is 2.79. The van der Waals surface area contributed by atoms with Crippen LogP contribution in [0.3, 0.4) is 0 Å². The molecule has 0 aliphatic heterocycles. The molecule has 1 aromatic heterocycles. The summed E-state index contributed by atoms with van der Waals surface area (Å²) < 4.78 is 5.23. The molecule has 0 aliphatic rings. The molecule has 2 aromatic rings. The number of nitrogens with one attached hydrogen (secondary N) is 1. The SMILES string of the molecule is CCNCc1noc(Cc2ccc(C)c(C)c2)n1. The summed E-state index contributed by atoms with van der Waals surface area (Å²) in [6, 6.07) is 6.40. The van der Waals surface area contributed by atoms with E-state index in [2.05, 4.69) is 54.4 Å². The van der Waals surface area contributed by atoms with Crippen molar-refractivity contribution in [2.24, 2.45) is 0 Å². The zero-order chi connectivity index (χ0) is 13.0. The summed E-state index contributed by atoms with van der Waals surface area (Å²) in [6.07, 6.45) is 0.695. The van der Waals surface area contributed by atoms with Crippen LogP contribution in [0.25, 0.3) is 0 Å². The van der Waals surface area contributed by atoms with Crippen LogP contribution in [-0.4, -0.2) is 16.7 Å². The van der Waals surface area contributed by atoms with Gasteiger partial charge < -0.3 is 9.84 Å². The minimum atomic E-state index is 0.660. The van der Waals surface area contributed by atoms with Gasteiger partial charge in [-0.25, -0.2) is 0 Å². The van der Waals surface area contributed by atoms with Crippen LogP contribution in [0.1, 0.15) is 35.3 Å². The van der Waals surface area contributed by atoms with E-state index in [0.29, 0.717) is 18.9 Å². The van der Waals surface area contributed by atoms with Crippen molar-refractivity contribution >= 4 is 0 Å². The summed E-state index contributed by atoms with van der Waals surface area (Å²) in [4.78, 5) is 4.35. The number of hydrogen-bond acceptors (Lipinski definition) is 4. The molecule has 0 amide bonds. The quantitative estimate of drug-likeness (QED) is 0.878. The Labute approximate surface area is 107 Å². The lowest BCUT2D eigenvalue weighted by Gasteiger charge is -2.02. The molecule has 1 N–H and O–H groups in total. The van der Waals surface area contributed by atoms with Crippen LogP contribution in [0.4, 0.5) is 0 Å². The molecule has 0 bridgehead atoms. The van der Waals surface area contributed by atoms with Crippen molar-refractivity contribution in [1.29, 1.82) is 0 Å². The van der Waals surface area contributed by atoms with Gasteiger partial charge in [-0.15, -0.1) is 0 Å².